The van der Waals surface area contributed by atoms with Crippen LogP contribution in [0.2, 0.25) is 0 Å². The molecule has 382 valence electrons. The Balaban J connectivity index is 0.888. The van der Waals surface area contributed by atoms with E-state index in [-0.39, 0.29) is 36.3 Å². The Morgan fingerprint density at radius 3 is 1.93 bits per heavy atom. The zero-order valence-corrected chi connectivity index (χ0v) is 41.5. The van der Waals surface area contributed by atoms with Crippen molar-refractivity contribution in [3.8, 4) is 11.5 Å². The Labute approximate surface area is 415 Å². The van der Waals surface area contributed by atoms with Gasteiger partial charge in [-0.25, -0.2) is 0 Å². The maximum absolute atomic E-state index is 13.9. The van der Waals surface area contributed by atoms with E-state index in [1.54, 1.807) is 35.2 Å². The average Bonchev–Trinajstić information content (AvgIpc) is 4.00. The third kappa shape index (κ3) is 9.80. The summed E-state index contributed by atoms with van der Waals surface area (Å²) in [5, 5.41) is 43.7. The normalized spacial score (nSPS) is 25.4. The second-order valence-electron chi connectivity index (χ2n) is 21.1. The highest BCUT2D eigenvalue weighted by Crippen LogP contribution is 2.69. The van der Waals surface area contributed by atoms with Crippen molar-refractivity contribution in [2.45, 2.75) is 99.3 Å². The molecule has 0 unspecified atom stereocenters. The molecule has 0 amide bonds. The number of ether oxygens (including phenoxy) is 1. The van der Waals surface area contributed by atoms with E-state index < -0.39 is 45.1 Å². The molecule has 17 nitrogen and oxygen atoms in total. The molecule has 1 spiro atoms. The lowest BCUT2D eigenvalue weighted by molar-refractivity contribution is -0.173. The van der Waals surface area contributed by atoms with Crippen molar-refractivity contribution in [3.05, 3.63) is 88.6 Å². The van der Waals surface area contributed by atoms with Crippen molar-refractivity contribution in [1.29, 1.82) is 0 Å². The standard InChI is InChI=1S/C53H68N6O11S/c1-36-10-15-39(16-11-36)71(67,68)70-43-17-14-38-30-44-53(66)31-41-40-8-4-5-9-42(40)59(49(41)51-52(53,48(38)50(43)69-51)18-21-58(44)32-37-12-13-37)20-7-3-2-6-19-54-22-24-55(33-45(60)61)26-28-57(35-47(64)65)29-27-56(25-23-54)34-46(62)63/h4-5,8-11,14-17,37,44,51,66H,2-3,6-7,12-13,18-35H2,1H3,(H,60,61)(H,62,63)(H,64,65)/t44-,51+,52+,53-/m1/s1. The molecule has 18 heteroatoms. The molecule has 3 aromatic carbocycles. The lowest BCUT2D eigenvalue weighted by atomic mass is 9.49. The van der Waals surface area contributed by atoms with Gasteiger partial charge in [-0.2, -0.15) is 8.42 Å². The highest BCUT2D eigenvalue weighted by molar-refractivity contribution is 7.87. The molecule has 4 heterocycles. The smallest absolute Gasteiger partial charge is 0.339 e. The number of rotatable bonds is 18. The molecule has 10 rings (SSSR count). The van der Waals surface area contributed by atoms with Crippen LogP contribution in [0.4, 0.5) is 0 Å². The van der Waals surface area contributed by atoms with E-state index in [0.717, 1.165) is 84.2 Å². The van der Waals surface area contributed by atoms with Crippen molar-refractivity contribution in [2.75, 3.05) is 91.6 Å². The number of likely N-dealkylation sites (tertiary alicyclic amines) is 1. The first-order valence-corrected chi connectivity index (χ1v) is 27.0. The molecule has 4 atom stereocenters. The van der Waals surface area contributed by atoms with E-state index in [1.807, 2.05) is 22.8 Å². The highest BCUT2D eigenvalue weighted by Gasteiger charge is 2.73. The van der Waals surface area contributed by atoms with E-state index in [0.29, 0.717) is 89.8 Å². The number of carboxylic acids is 3. The molecule has 2 saturated heterocycles. The lowest BCUT2D eigenvalue weighted by Crippen LogP contribution is -2.74. The van der Waals surface area contributed by atoms with Crippen LogP contribution >= 0.6 is 0 Å². The van der Waals surface area contributed by atoms with E-state index in [2.05, 4.69) is 38.6 Å². The minimum Gasteiger partial charge on any atom is -0.480 e. The third-order valence-corrected chi connectivity index (χ3v) is 17.7. The van der Waals surface area contributed by atoms with Gasteiger partial charge >= 0.3 is 28.0 Å². The van der Waals surface area contributed by atoms with Gasteiger partial charge in [0.1, 0.15) is 4.90 Å². The fraction of sp³-hybridized carbons (Fsp3) is 0.566. The monoisotopic (exact) mass is 996 g/mol. The third-order valence-electron chi connectivity index (χ3n) is 16.4. The van der Waals surface area contributed by atoms with Crippen LogP contribution < -0.4 is 8.92 Å². The van der Waals surface area contributed by atoms with Crippen LogP contribution in [0, 0.1) is 12.8 Å². The van der Waals surface area contributed by atoms with Crippen molar-refractivity contribution < 1.29 is 52.1 Å². The summed E-state index contributed by atoms with van der Waals surface area (Å²) in [6.45, 7) is 8.28. The first-order chi connectivity index (χ1) is 34.1. The highest BCUT2D eigenvalue weighted by atomic mass is 32.2. The number of aromatic nitrogens is 1. The molecule has 6 aliphatic rings. The number of benzene rings is 3. The fourth-order valence-electron chi connectivity index (χ4n) is 12.8. The first kappa shape index (κ1) is 49.5. The maximum atomic E-state index is 13.9. The molecule has 3 fully saturated rings. The first-order valence-electron chi connectivity index (χ1n) is 25.6. The van der Waals surface area contributed by atoms with Gasteiger partial charge in [0, 0.05) is 94.4 Å². The number of unbranched alkanes of at least 4 members (excludes halogenated alkanes) is 3. The van der Waals surface area contributed by atoms with Gasteiger partial charge < -0.3 is 38.8 Å². The van der Waals surface area contributed by atoms with Crippen LogP contribution in [0.15, 0.2) is 65.6 Å². The topological polar surface area (TPSA) is 206 Å². The van der Waals surface area contributed by atoms with Gasteiger partial charge in [-0.15, -0.1) is 0 Å². The van der Waals surface area contributed by atoms with E-state index in [4.69, 9.17) is 8.92 Å². The molecule has 3 aliphatic heterocycles. The molecule has 2 bridgehead atoms. The molecule has 71 heavy (non-hydrogen) atoms. The predicted molar refractivity (Wildman–Crippen MR) is 265 cm³/mol. The van der Waals surface area contributed by atoms with Crippen LogP contribution in [0.1, 0.15) is 79.0 Å². The molecule has 1 saturated carbocycles. The van der Waals surface area contributed by atoms with E-state index >= 15 is 0 Å². The summed E-state index contributed by atoms with van der Waals surface area (Å²) in [7, 11) is -4.22. The Hall–Kier alpha value is -5.08. The van der Waals surface area contributed by atoms with E-state index in [1.165, 1.54) is 12.8 Å². The second-order valence-corrected chi connectivity index (χ2v) is 22.6. The number of hydrogen-bond acceptors (Lipinski definition) is 13. The zero-order chi connectivity index (χ0) is 49.7. The molecule has 4 aromatic rings. The number of aliphatic carboxylic acids is 3. The fourth-order valence-corrected chi connectivity index (χ4v) is 13.7. The summed E-state index contributed by atoms with van der Waals surface area (Å²) in [5.41, 5.74) is 4.12. The quantitative estimate of drug-likeness (QED) is 0.0803. The van der Waals surface area contributed by atoms with Gasteiger partial charge in [-0.05, 0) is 99.8 Å². The number of carbonyl (C=O) groups is 3. The van der Waals surface area contributed by atoms with Gasteiger partial charge in [0.05, 0.1) is 36.3 Å². The molecule has 0 radical (unpaired) electrons. The summed E-state index contributed by atoms with van der Waals surface area (Å²) in [5.74, 6) is -1.67. The number of hydrogen-bond donors (Lipinski definition) is 4. The van der Waals surface area contributed by atoms with Gasteiger partial charge in [-0.3, -0.25) is 34.0 Å². The number of nitrogens with zero attached hydrogens (tertiary/aromatic N) is 6. The number of fused-ring (bicyclic) bond motifs is 4. The number of carboxylic acid groups (broad SMARTS) is 3. The van der Waals surface area contributed by atoms with Crippen LogP contribution in [0.3, 0.4) is 0 Å². The summed E-state index contributed by atoms with van der Waals surface area (Å²) >= 11 is 0. The number of aryl methyl sites for hydroxylation is 2. The van der Waals surface area contributed by atoms with Crippen LogP contribution in [-0.4, -0.2) is 179 Å². The zero-order valence-electron chi connectivity index (χ0n) is 40.7. The molecule has 4 N–H and O–H groups in total. The Morgan fingerprint density at radius 2 is 1.32 bits per heavy atom. The van der Waals surface area contributed by atoms with Gasteiger partial charge in [0.15, 0.2) is 17.6 Å². The van der Waals surface area contributed by atoms with Crippen LogP contribution in [0.25, 0.3) is 10.9 Å². The van der Waals surface area contributed by atoms with Gasteiger partial charge in [0.2, 0.25) is 0 Å². The average molecular weight is 997 g/mol. The van der Waals surface area contributed by atoms with Gasteiger partial charge in [-0.1, -0.05) is 54.8 Å². The van der Waals surface area contributed by atoms with Crippen molar-refractivity contribution in [1.82, 2.24) is 29.1 Å². The van der Waals surface area contributed by atoms with Crippen molar-refractivity contribution in [2.24, 2.45) is 5.92 Å². The molecular formula is C53H68N6O11S. The number of piperidine rings is 1. The predicted octanol–water partition coefficient (Wildman–Crippen LogP) is 4.45. The molecule has 3 aliphatic carbocycles. The van der Waals surface area contributed by atoms with Crippen molar-refractivity contribution >= 4 is 38.9 Å². The Bertz CT molecular complexity index is 2730. The maximum Gasteiger partial charge on any atom is 0.339 e. The van der Waals surface area contributed by atoms with E-state index in [9.17, 15) is 43.2 Å². The van der Waals surface area contributed by atoms with Crippen LogP contribution in [-0.2, 0) is 49.3 Å². The van der Waals surface area contributed by atoms with Crippen LogP contribution in [0.5, 0.6) is 11.5 Å². The summed E-state index contributed by atoms with van der Waals surface area (Å²) in [4.78, 5) is 45.6. The number of aliphatic hydroxyl groups is 1. The molecular weight excluding hydrogens is 929 g/mol. The minimum absolute atomic E-state index is 0.0600. The number of para-hydroxylation sites is 1. The minimum atomic E-state index is -4.22. The summed E-state index contributed by atoms with van der Waals surface area (Å²) in [6.07, 6.45) is 7.23. The second kappa shape index (κ2) is 20.1. The SMILES string of the molecule is Cc1ccc(S(=O)(=O)Oc2ccc3c4c2O[C@H]2c5c(c6ccccc6n5CCCCCCN5CCN(CC(=O)O)CCN(CC(=O)O)CCN(CC(=O)O)CC5)C[C@@]5(O)[C@@H](C3)N(CC3CC3)CC[C@]425)cc1. The largest absolute Gasteiger partial charge is 0.480 e. The van der Waals surface area contributed by atoms with Gasteiger partial charge in [0.25, 0.3) is 0 Å². The summed E-state index contributed by atoms with van der Waals surface area (Å²) < 4.78 is 43.4. The lowest BCUT2D eigenvalue weighted by Gasteiger charge is -2.63. The van der Waals surface area contributed by atoms with Crippen molar-refractivity contribution in [3.63, 3.8) is 0 Å². The Morgan fingerprint density at radius 1 is 0.732 bits per heavy atom. The summed E-state index contributed by atoms with van der Waals surface area (Å²) in [6, 6.07) is 18.6. The molecule has 1 aromatic heterocycles. The Kier molecular flexibility index (Phi) is 14.0.